The highest BCUT2D eigenvalue weighted by molar-refractivity contribution is 5.31. The maximum Gasteiger partial charge on any atom is 0.203 e. The van der Waals surface area contributed by atoms with Crippen molar-refractivity contribution < 1.29 is 0 Å². The highest BCUT2D eigenvalue weighted by Crippen LogP contribution is 2.35. The minimum absolute atomic E-state index is 0.465. The predicted molar refractivity (Wildman–Crippen MR) is 76.9 cm³/mol. The number of rotatable bonds is 4. The number of nitrogens with zero attached hydrogens (tertiary/aromatic N) is 2. The first kappa shape index (κ1) is 13.4. The molecule has 3 atom stereocenters. The maximum atomic E-state index is 4.63. The molecule has 1 fully saturated rings. The van der Waals surface area contributed by atoms with E-state index < -0.39 is 0 Å². The number of hydrogen-bond donors (Lipinski definition) is 1. The molecule has 102 valence electrons. The molecule has 0 radical (unpaired) electrons. The van der Waals surface area contributed by atoms with Crippen LogP contribution in [-0.4, -0.2) is 15.6 Å². The number of anilines is 1. The van der Waals surface area contributed by atoms with E-state index in [0.717, 1.165) is 23.5 Å². The first-order valence-electron chi connectivity index (χ1n) is 7.35. The topological polar surface area (TPSA) is 29.9 Å². The van der Waals surface area contributed by atoms with Crippen LogP contribution in [0.3, 0.4) is 0 Å². The first-order chi connectivity index (χ1) is 8.52. The van der Waals surface area contributed by atoms with Gasteiger partial charge in [-0.1, -0.05) is 20.3 Å². The zero-order valence-corrected chi connectivity index (χ0v) is 12.4. The minimum Gasteiger partial charge on any atom is -0.353 e. The third kappa shape index (κ3) is 2.55. The van der Waals surface area contributed by atoms with Gasteiger partial charge in [-0.05, 0) is 45.4 Å². The second-order valence-electron chi connectivity index (χ2n) is 6.06. The molecule has 0 amide bonds. The summed E-state index contributed by atoms with van der Waals surface area (Å²) in [6.07, 6.45) is 6.08. The summed E-state index contributed by atoms with van der Waals surface area (Å²) in [5, 5.41) is 3.68. The zero-order valence-electron chi connectivity index (χ0n) is 12.4. The third-order valence-corrected chi connectivity index (χ3v) is 4.47. The van der Waals surface area contributed by atoms with Crippen LogP contribution in [-0.2, 0) is 0 Å². The van der Waals surface area contributed by atoms with Crippen molar-refractivity contribution in [2.24, 2.45) is 11.8 Å². The Morgan fingerprint density at radius 1 is 1.44 bits per heavy atom. The normalized spacial score (nSPS) is 28.0. The van der Waals surface area contributed by atoms with Gasteiger partial charge < -0.3 is 9.88 Å². The van der Waals surface area contributed by atoms with Gasteiger partial charge in [-0.2, -0.15) is 0 Å². The van der Waals surface area contributed by atoms with Crippen LogP contribution in [0.2, 0.25) is 0 Å². The molecular weight excluding hydrogens is 222 g/mol. The van der Waals surface area contributed by atoms with Gasteiger partial charge in [-0.3, -0.25) is 0 Å². The molecule has 1 aliphatic carbocycles. The summed E-state index contributed by atoms with van der Waals surface area (Å²) in [5.41, 5.74) is 1.10. The van der Waals surface area contributed by atoms with Crippen molar-refractivity contribution in [3.63, 3.8) is 0 Å². The number of hydrogen-bond acceptors (Lipinski definition) is 2. The lowest BCUT2D eigenvalue weighted by molar-refractivity contribution is 0.390. The maximum absolute atomic E-state index is 4.63. The van der Waals surface area contributed by atoms with Gasteiger partial charge in [-0.15, -0.1) is 0 Å². The quantitative estimate of drug-likeness (QED) is 0.873. The van der Waals surface area contributed by atoms with E-state index in [2.05, 4.69) is 55.7 Å². The molecule has 2 rings (SSSR count). The van der Waals surface area contributed by atoms with Crippen LogP contribution in [0.25, 0.3) is 0 Å². The van der Waals surface area contributed by atoms with Gasteiger partial charge in [-0.25, -0.2) is 4.98 Å². The monoisotopic (exact) mass is 249 g/mol. The van der Waals surface area contributed by atoms with E-state index in [0.29, 0.717) is 12.1 Å². The van der Waals surface area contributed by atoms with Crippen LogP contribution >= 0.6 is 0 Å². The Morgan fingerprint density at radius 3 is 2.72 bits per heavy atom. The van der Waals surface area contributed by atoms with Crippen molar-refractivity contribution in [2.45, 2.75) is 66.0 Å². The Balaban J connectivity index is 2.10. The lowest BCUT2D eigenvalue weighted by Gasteiger charge is -2.22. The molecule has 0 saturated heterocycles. The van der Waals surface area contributed by atoms with Crippen LogP contribution in [0.5, 0.6) is 0 Å². The summed E-state index contributed by atoms with van der Waals surface area (Å²) < 4.78 is 2.25. The van der Waals surface area contributed by atoms with Crippen LogP contribution in [0, 0.1) is 18.8 Å². The fraction of sp³-hybridized carbons (Fsp3) is 0.800. The van der Waals surface area contributed by atoms with Crippen molar-refractivity contribution in [3.05, 3.63) is 11.9 Å². The molecule has 0 spiro atoms. The second kappa shape index (κ2) is 5.33. The minimum atomic E-state index is 0.465. The molecule has 1 heterocycles. The highest BCUT2D eigenvalue weighted by Gasteiger charge is 2.32. The predicted octanol–water partition coefficient (Wildman–Crippen LogP) is 4.01. The summed E-state index contributed by atoms with van der Waals surface area (Å²) in [6, 6.07) is 1.06. The fourth-order valence-corrected chi connectivity index (χ4v) is 3.21. The van der Waals surface area contributed by atoms with Crippen molar-refractivity contribution in [2.75, 3.05) is 5.32 Å². The molecule has 0 aromatic carbocycles. The molecule has 3 unspecified atom stereocenters. The molecule has 18 heavy (non-hydrogen) atoms. The van der Waals surface area contributed by atoms with E-state index in [9.17, 15) is 0 Å². The largest absolute Gasteiger partial charge is 0.353 e. The average molecular weight is 249 g/mol. The standard InChI is InChI=1S/C15H27N3/c1-6-13-7-8-14(12(13)5)17-15-16-11(4)9-18(15)10(2)3/h9-10,12-14H,6-8H2,1-5H3,(H,16,17). The molecule has 0 bridgehead atoms. The lowest BCUT2D eigenvalue weighted by atomic mass is 9.93. The summed E-state index contributed by atoms with van der Waals surface area (Å²) in [5.74, 6) is 2.69. The van der Waals surface area contributed by atoms with Gasteiger partial charge in [0, 0.05) is 18.3 Å². The van der Waals surface area contributed by atoms with Crippen LogP contribution < -0.4 is 5.32 Å². The van der Waals surface area contributed by atoms with Gasteiger partial charge in [0.05, 0.1) is 5.69 Å². The molecule has 3 nitrogen and oxygen atoms in total. The highest BCUT2D eigenvalue weighted by atomic mass is 15.2. The van der Waals surface area contributed by atoms with Gasteiger partial charge in [0.15, 0.2) is 0 Å². The van der Waals surface area contributed by atoms with Crippen molar-refractivity contribution in [3.8, 4) is 0 Å². The average Bonchev–Trinajstić information content (AvgIpc) is 2.84. The summed E-state index contributed by atoms with van der Waals surface area (Å²) in [4.78, 5) is 4.63. The molecule has 1 aromatic rings. The number of imidazole rings is 1. The SMILES string of the molecule is CCC1CCC(Nc2nc(C)cn2C(C)C)C1C. The van der Waals surface area contributed by atoms with E-state index in [-0.39, 0.29) is 0 Å². The van der Waals surface area contributed by atoms with Crippen molar-refractivity contribution in [1.82, 2.24) is 9.55 Å². The first-order valence-corrected chi connectivity index (χ1v) is 7.35. The molecule has 1 aliphatic rings. The van der Waals surface area contributed by atoms with Gasteiger partial charge >= 0.3 is 0 Å². The van der Waals surface area contributed by atoms with Crippen LogP contribution in [0.15, 0.2) is 6.20 Å². The Bertz CT molecular complexity index is 394. The smallest absolute Gasteiger partial charge is 0.203 e. The van der Waals surface area contributed by atoms with E-state index in [4.69, 9.17) is 0 Å². The fourth-order valence-electron chi connectivity index (χ4n) is 3.21. The zero-order chi connectivity index (χ0) is 13.3. The number of aryl methyl sites for hydroxylation is 1. The Hall–Kier alpha value is -0.990. The van der Waals surface area contributed by atoms with Gasteiger partial charge in [0.25, 0.3) is 0 Å². The van der Waals surface area contributed by atoms with Crippen molar-refractivity contribution in [1.29, 1.82) is 0 Å². The van der Waals surface area contributed by atoms with Crippen LogP contribution in [0.4, 0.5) is 5.95 Å². The molecular formula is C15H27N3. The molecule has 0 aliphatic heterocycles. The Morgan fingerprint density at radius 2 is 2.17 bits per heavy atom. The van der Waals surface area contributed by atoms with E-state index in [1.807, 2.05) is 0 Å². The molecule has 3 heteroatoms. The van der Waals surface area contributed by atoms with E-state index in [1.54, 1.807) is 0 Å². The molecule has 1 aromatic heterocycles. The second-order valence-corrected chi connectivity index (χ2v) is 6.06. The number of nitrogens with one attached hydrogen (secondary N) is 1. The summed E-state index contributed by atoms with van der Waals surface area (Å²) in [6.45, 7) is 11.2. The molecule has 1 N–H and O–H groups in total. The Kier molecular flexibility index (Phi) is 3.98. The van der Waals surface area contributed by atoms with E-state index >= 15 is 0 Å². The van der Waals surface area contributed by atoms with Gasteiger partial charge in [0.1, 0.15) is 0 Å². The Labute approximate surface area is 111 Å². The number of aromatic nitrogens is 2. The van der Waals surface area contributed by atoms with E-state index in [1.165, 1.54) is 19.3 Å². The van der Waals surface area contributed by atoms with Gasteiger partial charge in [0.2, 0.25) is 5.95 Å². The van der Waals surface area contributed by atoms with Crippen LogP contribution in [0.1, 0.15) is 58.7 Å². The lowest BCUT2D eigenvalue weighted by Crippen LogP contribution is -2.26. The summed E-state index contributed by atoms with van der Waals surface area (Å²) >= 11 is 0. The third-order valence-electron chi connectivity index (χ3n) is 4.47. The summed E-state index contributed by atoms with van der Waals surface area (Å²) in [7, 11) is 0. The van der Waals surface area contributed by atoms with Crippen molar-refractivity contribution >= 4 is 5.95 Å². The molecule has 1 saturated carbocycles.